The normalized spacial score (nSPS) is 16.3. The molecule has 2 aromatic rings. The molecule has 2 aliphatic rings. The summed E-state index contributed by atoms with van der Waals surface area (Å²) in [6.07, 6.45) is 0.748. The van der Waals surface area contributed by atoms with Crippen molar-refractivity contribution < 1.29 is 4.79 Å². The van der Waals surface area contributed by atoms with Gasteiger partial charge in [-0.05, 0) is 72.1 Å². The van der Waals surface area contributed by atoms with Crippen LogP contribution < -0.4 is 0 Å². The first-order valence-electron chi connectivity index (χ1n) is 10.7. The second-order valence-corrected chi connectivity index (χ2v) is 9.72. The minimum atomic E-state index is -0.208. The second kappa shape index (κ2) is 8.06. The lowest BCUT2D eigenvalue weighted by Crippen LogP contribution is -2.29. The summed E-state index contributed by atoms with van der Waals surface area (Å²) in [6.45, 7) is 12.1. The predicted octanol–water partition coefficient (Wildman–Crippen LogP) is 5.48. The van der Waals surface area contributed by atoms with Gasteiger partial charge in [-0.15, -0.1) is 11.8 Å². The minimum absolute atomic E-state index is 0.127. The third-order valence-corrected chi connectivity index (χ3v) is 7.61. The van der Waals surface area contributed by atoms with E-state index in [9.17, 15) is 10.1 Å². The first-order chi connectivity index (χ1) is 14.4. The molecule has 2 aromatic carbocycles. The highest BCUT2D eigenvalue weighted by Crippen LogP contribution is 2.50. The molecule has 0 unspecified atom stereocenters. The molecule has 30 heavy (non-hydrogen) atoms. The van der Waals surface area contributed by atoms with Crippen molar-refractivity contribution in [2.45, 2.75) is 44.4 Å². The van der Waals surface area contributed by atoms with Crippen molar-refractivity contribution >= 4 is 23.1 Å². The molecule has 3 nitrogen and oxygen atoms in total. The number of thioether (sulfide) groups is 1. The summed E-state index contributed by atoms with van der Waals surface area (Å²) >= 11 is 1.87. The van der Waals surface area contributed by atoms with Crippen LogP contribution in [0.3, 0.4) is 0 Å². The average molecular weight is 417 g/mol. The van der Waals surface area contributed by atoms with Crippen LogP contribution >= 0.6 is 11.8 Å². The molecule has 154 valence electrons. The molecule has 0 fully saturated rings. The van der Waals surface area contributed by atoms with E-state index in [0.717, 1.165) is 59.6 Å². The predicted molar refractivity (Wildman–Crippen MR) is 124 cm³/mol. The number of ketones is 1. The molecule has 0 bridgehead atoms. The Morgan fingerprint density at radius 2 is 1.83 bits per heavy atom. The Hall–Kier alpha value is -2.35. The highest BCUT2D eigenvalue weighted by molar-refractivity contribution is 7.99. The van der Waals surface area contributed by atoms with E-state index in [1.165, 1.54) is 10.5 Å². The van der Waals surface area contributed by atoms with Gasteiger partial charge in [-0.3, -0.25) is 4.79 Å². The van der Waals surface area contributed by atoms with Crippen LogP contribution in [0.2, 0.25) is 0 Å². The van der Waals surface area contributed by atoms with E-state index < -0.39 is 0 Å². The molecule has 2 aliphatic carbocycles. The summed E-state index contributed by atoms with van der Waals surface area (Å²) in [4.78, 5) is 17.1. The van der Waals surface area contributed by atoms with Crippen LogP contribution in [0.1, 0.15) is 60.3 Å². The second-order valence-electron chi connectivity index (χ2n) is 8.55. The number of hydrogen-bond donors (Lipinski definition) is 0. The monoisotopic (exact) mass is 416 g/mol. The Balaban J connectivity index is 1.65. The van der Waals surface area contributed by atoms with Crippen molar-refractivity contribution in [2.24, 2.45) is 0 Å². The molecule has 0 saturated carbocycles. The lowest BCUT2D eigenvalue weighted by atomic mass is 9.68. The number of carbonyl (C=O) groups excluding carboxylic acids is 1. The smallest absolute Gasteiger partial charge is 0.193 e. The van der Waals surface area contributed by atoms with E-state index >= 15 is 0 Å². The van der Waals surface area contributed by atoms with E-state index in [1.54, 1.807) is 0 Å². The van der Waals surface area contributed by atoms with Gasteiger partial charge in [-0.1, -0.05) is 33.8 Å². The average Bonchev–Trinajstić information content (AvgIpc) is 3.15. The quantitative estimate of drug-likeness (QED) is 0.585. The molecule has 0 aromatic heterocycles. The maximum Gasteiger partial charge on any atom is 0.193 e. The molecule has 0 heterocycles. The first kappa shape index (κ1) is 20.9. The van der Waals surface area contributed by atoms with E-state index in [1.807, 2.05) is 36.0 Å². The highest BCUT2D eigenvalue weighted by atomic mass is 32.2. The summed E-state index contributed by atoms with van der Waals surface area (Å²) in [5.74, 6) is 1.17. The van der Waals surface area contributed by atoms with Gasteiger partial charge >= 0.3 is 0 Å². The molecule has 0 spiro atoms. The Bertz CT molecular complexity index is 1090. The topological polar surface area (TPSA) is 44.1 Å². The Morgan fingerprint density at radius 1 is 1.10 bits per heavy atom. The fraction of sp³-hybridized carbons (Fsp3) is 0.385. The Labute approximate surface area is 183 Å². The van der Waals surface area contributed by atoms with E-state index in [0.29, 0.717) is 5.56 Å². The standard InChI is InChI=1S/C26H28N2OS/c1-5-28(6-2)11-12-30-19-8-10-21-22(15-19)26(3,4)23-14-18-13-17(16-27)7-9-20(18)24(23)25(21)29/h7-10,13,15H,5-6,11-12,14H2,1-4H3. The van der Waals surface area contributed by atoms with Crippen LogP contribution in [0.25, 0.3) is 5.57 Å². The highest BCUT2D eigenvalue weighted by Gasteiger charge is 2.42. The number of allylic oxidation sites excluding steroid dienone is 2. The number of fused-ring (bicyclic) bond motifs is 3. The fourth-order valence-electron chi connectivity index (χ4n) is 4.75. The van der Waals surface area contributed by atoms with Crippen LogP contribution in [0.4, 0.5) is 0 Å². The number of carbonyl (C=O) groups is 1. The summed E-state index contributed by atoms with van der Waals surface area (Å²) in [5, 5.41) is 9.26. The third-order valence-electron chi connectivity index (χ3n) is 6.63. The molecular weight excluding hydrogens is 388 g/mol. The maximum atomic E-state index is 13.5. The fourth-order valence-corrected chi connectivity index (χ4v) is 5.70. The summed E-state index contributed by atoms with van der Waals surface area (Å²) < 4.78 is 0. The molecule has 0 aliphatic heterocycles. The lowest BCUT2D eigenvalue weighted by molar-refractivity contribution is 0.105. The van der Waals surface area contributed by atoms with Crippen molar-refractivity contribution in [3.8, 4) is 6.07 Å². The van der Waals surface area contributed by atoms with Gasteiger partial charge in [0.05, 0.1) is 11.6 Å². The molecule has 0 atom stereocenters. The van der Waals surface area contributed by atoms with E-state index in [4.69, 9.17) is 0 Å². The van der Waals surface area contributed by atoms with Gasteiger partial charge in [-0.2, -0.15) is 5.26 Å². The number of nitrogens with zero attached hydrogens (tertiary/aromatic N) is 2. The van der Waals surface area contributed by atoms with E-state index in [2.05, 4.69) is 50.8 Å². The minimum Gasteiger partial charge on any atom is -0.303 e. The Kier molecular flexibility index (Phi) is 5.61. The van der Waals surface area contributed by atoms with E-state index in [-0.39, 0.29) is 11.2 Å². The molecule has 0 radical (unpaired) electrons. The van der Waals surface area contributed by atoms with Gasteiger partial charge in [0.2, 0.25) is 0 Å². The SMILES string of the molecule is CCN(CC)CCSc1ccc2c(c1)C(C)(C)C1=C(C2=O)c2ccc(C#N)cc2C1. The van der Waals surface area contributed by atoms with Crippen LogP contribution in [0, 0.1) is 11.3 Å². The van der Waals surface area contributed by atoms with Gasteiger partial charge < -0.3 is 4.90 Å². The lowest BCUT2D eigenvalue weighted by Gasteiger charge is -2.34. The molecule has 4 rings (SSSR count). The van der Waals surface area contributed by atoms with Gasteiger partial charge in [0.25, 0.3) is 0 Å². The zero-order chi connectivity index (χ0) is 21.5. The largest absolute Gasteiger partial charge is 0.303 e. The first-order valence-corrected chi connectivity index (χ1v) is 11.7. The molecule has 0 amide bonds. The molecular formula is C26H28N2OS. The summed E-state index contributed by atoms with van der Waals surface area (Å²) in [6, 6.07) is 14.3. The van der Waals surface area contributed by atoms with Gasteiger partial charge in [-0.25, -0.2) is 0 Å². The number of hydrogen-bond acceptors (Lipinski definition) is 4. The maximum absolute atomic E-state index is 13.5. The van der Waals surface area contributed by atoms with Crippen LogP contribution in [-0.2, 0) is 11.8 Å². The zero-order valence-electron chi connectivity index (χ0n) is 18.2. The number of nitriles is 1. The van der Waals surface area contributed by atoms with Gasteiger partial charge in [0, 0.05) is 33.7 Å². The van der Waals surface area contributed by atoms with Gasteiger partial charge in [0.15, 0.2) is 5.78 Å². The van der Waals surface area contributed by atoms with Crippen LogP contribution in [-0.4, -0.2) is 36.1 Å². The number of benzene rings is 2. The van der Waals surface area contributed by atoms with Crippen molar-refractivity contribution in [2.75, 3.05) is 25.4 Å². The van der Waals surface area contributed by atoms with Crippen LogP contribution in [0.5, 0.6) is 0 Å². The Morgan fingerprint density at radius 3 is 2.53 bits per heavy atom. The van der Waals surface area contributed by atoms with Crippen molar-refractivity contribution in [1.82, 2.24) is 4.90 Å². The molecule has 4 heteroatoms. The third kappa shape index (κ3) is 3.41. The van der Waals surface area contributed by atoms with Crippen molar-refractivity contribution in [3.63, 3.8) is 0 Å². The van der Waals surface area contributed by atoms with Crippen molar-refractivity contribution in [1.29, 1.82) is 5.26 Å². The van der Waals surface area contributed by atoms with Crippen LogP contribution in [0.15, 0.2) is 46.9 Å². The van der Waals surface area contributed by atoms with Gasteiger partial charge in [0.1, 0.15) is 0 Å². The zero-order valence-corrected chi connectivity index (χ0v) is 19.0. The van der Waals surface area contributed by atoms with Crippen molar-refractivity contribution in [3.05, 3.63) is 69.8 Å². The number of rotatable bonds is 6. The number of Topliss-reactive ketones (excluding diaryl/α,β-unsaturated/α-hetero) is 1. The molecule has 0 N–H and O–H groups in total. The molecule has 0 saturated heterocycles. The summed E-state index contributed by atoms with van der Waals surface area (Å²) in [7, 11) is 0. The summed E-state index contributed by atoms with van der Waals surface area (Å²) in [5.41, 5.74) is 6.55.